The van der Waals surface area contributed by atoms with Crippen LogP contribution in [0.1, 0.15) is 47.7 Å². The average molecular weight is 399 g/mol. The van der Waals surface area contributed by atoms with Crippen LogP contribution in [0.25, 0.3) is 0 Å². The third kappa shape index (κ3) is 5.49. The van der Waals surface area contributed by atoms with E-state index < -0.39 is 6.10 Å². The number of carbonyl (C=O) groups excluding carboxylic acids is 1. The van der Waals surface area contributed by atoms with Crippen LogP contribution in [-0.4, -0.2) is 44.9 Å². The Kier molecular flexibility index (Phi) is 7.49. The maximum Gasteiger partial charge on any atom is 0.255 e. The molecule has 6 nitrogen and oxygen atoms in total. The van der Waals surface area contributed by atoms with Crippen LogP contribution in [0.2, 0.25) is 0 Å². The molecule has 2 N–H and O–H groups in total. The molecule has 0 saturated heterocycles. The van der Waals surface area contributed by atoms with Crippen molar-refractivity contribution in [3.63, 3.8) is 0 Å². The molecule has 6 heteroatoms. The zero-order valence-corrected chi connectivity index (χ0v) is 17.2. The molecular weight excluding hydrogens is 368 g/mol. The summed E-state index contributed by atoms with van der Waals surface area (Å²) in [4.78, 5) is 15.1. The van der Waals surface area contributed by atoms with Gasteiger partial charge in [-0.15, -0.1) is 0 Å². The van der Waals surface area contributed by atoms with E-state index >= 15 is 0 Å². The van der Waals surface area contributed by atoms with Gasteiger partial charge in [0.25, 0.3) is 5.91 Å². The van der Waals surface area contributed by atoms with Gasteiger partial charge in [-0.05, 0) is 43.2 Å². The summed E-state index contributed by atoms with van der Waals surface area (Å²) in [5.74, 6) is 0.470. The van der Waals surface area contributed by atoms with Crippen molar-refractivity contribution < 1.29 is 19.4 Å². The Morgan fingerprint density at radius 2 is 2.03 bits per heavy atom. The SMILES string of the molecule is COCCN1CCCCCC(O)c2cc(C(=O)Nc3cccc(OC)c3)ccc21. The van der Waals surface area contributed by atoms with Gasteiger partial charge in [0, 0.05) is 48.8 Å². The Morgan fingerprint density at radius 3 is 2.83 bits per heavy atom. The largest absolute Gasteiger partial charge is 0.497 e. The van der Waals surface area contributed by atoms with Crippen LogP contribution in [-0.2, 0) is 4.74 Å². The molecule has 1 atom stereocenters. The molecule has 1 heterocycles. The molecule has 1 aliphatic heterocycles. The first-order valence-corrected chi connectivity index (χ1v) is 10.1. The van der Waals surface area contributed by atoms with E-state index in [9.17, 15) is 9.90 Å². The van der Waals surface area contributed by atoms with E-state index in [1.165, 1.54) is 0 Å². The van der Waals surface area contributed by atoms with Gasteiger partial charge in [0.15, 0.2) is 0 Å². The molecule has 0 aliphatic carbocycles. The van der Waals surface area contributed by atoms with Crippen LogP contribution in [0.15, 0.2) is 42.5 Å². The predicted octanol–water partition coefficient (Wildman–Crippen LogP) is 4.01. The first-order valence-electron chi connectivity index (χ1n) is 10.1. The summed E-state index contributed by atoms with van der Waals surface area (Å²) in [6.07, 6.45) is 3.24. The fourth-order valence-electron chi connectivity index (χ4n) is 3.68. The van der Waals surface area contributed by atoms with Gasteiger partial charge in [-0.2, -0.15) is 0 Å². The molecule has 29 heavy (non-hydrogen) atoms. The number of carbonyl (C=O) groups is 1. The van der Waals surface area contributed by atoms with E-state index in [4.69, 9.17) is 9.47 Å². The molecule has 0 saturated carbocycles. The summed E-state index contributed by atoms with van der Waals surface area (Å²) in [5, 5.41) is 13.7. The quantitative estimate of drug-likeness (QED) is 0.769. The van der Waals surface area contributed by atoms with Crippen LogP contribution in [0.4, 0.5) is 11.4 Å². The van der Waals surface area contributed by atoms with Crippen molar-refractivity contribution in [2.45, 2.75) is 31.8 Å². The van der Waals surface area contributed by atoms with Crippen LogP contribution in [0.3, 0.4) is 0 Å². The van der Waals surface area contributed by atoms with Crippen LogP contribution < -0.4 is 15.0 Å². The van der Waals surface area contributed by atoms with E-state index in [2.05, 4.69) is 10.2 Å². The molecule has 1 aliphatic rings. The zero-order valence-electron chi connectivity index (χ0n) is 17.2. The highest BCUT2D eigenvalue weighted by atomic mass is 16.5. The van der Waals surface area contributed by atoms with Gasteiger partial charge in [-0.1, -0.05) is 18.9 Å². The van der Waals surface area contributed by atoms with Crippen molar-refractivity contribution in [1.82, 2.24) is 0 Å². The summed E-state index contributed by atoms with van der Waals surface area (Å²) in [5.41, 5.74) is 2.98. The lowest BCUT2D eigenvalue weighted by molar-refractivity contribution is 0.102. The fourth-order valence-corrected chi connectivity index (χ4v) is 3.68. The molecule has 1 amide bonds. The lowest BCUT2D eigenvalue weighted by Crippen LogP contribution is -2.29. The number of aliphatic hydroxyl groups excluding tert-OH is 1. The highest BCUT2D eigenvalue weighted by molar-refractivity contribution is 6.04. The first-order chi connectivity index (χ1) is 14.1. The lowest BCUT2D eigenvalue weighted by Gasteiger charge is -2.28. The van der Waals surface area contributed by atoms with Crippen LogP contribution in [0, 0.1) is 0 Å². The van der Waals surface area contributed by atoms with E-state index in [0.29, 0.717) is 30.0 Å². The number of fused-ring (bicyclic) bond motifs is 1. The van der Waals surface area contributed by atoms with Gasteiger partial charge in [-0.3, -0.25) is 4.79 Å². The molecule has 0 spiro atoms. The van der Waals surface area contributed by atoms with Gasteiger partial charge in [0.1, 0.15) is 5.75 Å². The van der Waals surface area contributed by atoms with E-state index in [1.54, 1.807) is 20.3 Å². The number of methoxy groups -OCH3 is 2. The number of nitrogens with one attached hydrogen (secondary N) is 1. The summed E-state index contributed by atoms with van der Waals surface area (Å²) in [6.45, 7) is 2.29. The zero-order chi connectivity index (χ0) is 20.6. The Labute approximate surface area is 172 Å². The first kappa shape index (κ1) is 21.1. The number of anilines is 2. The molecule has 0 aromatic heterocycles. The third-order valence-electron chi connectivity index (χ3n) is 5.29. The average Bonchev–Trinajstić information content (AvgIpc) is 2.82. The predicted molar refractivity (Wildman–Crippen MR) is 115 cm³/mol. The standard InChI is InChI=1S/C23H30N2O4/c1-28-14-13-25-12-5-3-4-9-22(26)20-15-17(10-11-21(20)25)23(27)24-18-7-6-8-19(16-18)29-2/h6-8,10-11,15-16,22,26H,3-5,9,12-14H2,1-2H3,(H,24,27). The van der Waals surface area contributed by atoms with Crippen molar-refractivity contribution in [3.8, 4) is 5.75 Å². The number of ether oxygens (including phenoxy) is 2. The maximum atomic E-state index is 12.8. The van der Waals surface area contributed by atoms with Gasteiger partial charge in [-0.25, -0.2) is 0 Å². The second-order valence-electron chi connectivity index (χ2n) is 7.30. The number of benzene rings is 2. The molecule has 0 radical (unpaired) electrons. The highest BCUT2D eigenvalue weighted by Crippen LogP contribution is 2.33. The third-order valence-corrected chi connectivity index (χ3v) is 5.29. The molecule has 1 unspecified atom stereocenters. The van der Waals surface area contributed by atoms with E-state index in [-0.39, 0.29) is 5.91 Å². The topological polar surface area (TPSA) is 71.0 Å². The van der Waals surface area contributed by atoms with E-state index in [1.807, 2.05) is 36.4 Å². The Morgan fingerprint density at radius 1 is 1.17 bits per heavy atom. The Hall–Kier alpha value is -2.57. The number of hydrogen-bond donors (Lipinski definition) is 2. The summed E-state index contributed by atoms with van der Waals surface area (Å²) in [7, 11) is 3.29. The normalized spacial score (nSPS) is 16.9. The van der Waals surface area contributed by atoms with Gasteiger partial charge in [0.2, 0.25) is 0 Å². The van der Waals surface area contributed by atoms with Crippen molar-refractivity contribution >= 4 is 17.3 Å². The molecule has 3 rings (SSSR count). The number of hydrogen-bond acceptors (Lipinski definition) is 5. The van der Waals surface area contributed by atoms with Crippen LogP contribution in [0.5, 0.6) is 5.75 Å². The maximum absolute atomic E-state index is 12.8. The van der Waals surface area contributed by atoms with E-state index in [0.717, 1.165) is 43.6 Å². The van der Waals surface area contributed by atoms with Crippen molar-refractivity contribution in [3.05, 3.63) is 53.6 Å². The summed E-state index contributed by atoms with van der Waals surface area (Å²) < 4.78 is 10.5. The number of aliphatic hydroxyl groups is 1. The molecule has 156 valence electrons. The van der Waals surface area contributed by atoms with Crippen molar-refractivity contribution in [2.24, 2.45) is 0 Å². The number of nitrogens with zero attached hydrogens (tertiary/aromatic N) is 1. The molecule has 0 fully saturated rings. The van der Waals surface area contributed by atoms with Gasteiger partial charge < -0.3 is 24.8 Å². The van der Waals surface area contributed by atoms with Crippen LogP contribution >= 0.6 is 0 Å². The smallest absolute Gasteiger partial charge is 0.255 e. The summed E-state index contributed by atoms with van der Waals surface area (Å²) >= 11 is 0. The van der Waals surface area contributed by atoms with Gasteiger partial charge in [0.05, 0.1) is 19.8 Å². The minimum atomic E-state index is -0.585. The highest BCUT2D eigenvalue weighted by Gasteiger charge is 2.21. The molecule has 2 aromatic rings. The fraction of sp³-hybridized carbons (Fsp3) is 0.435. The minimum absolute atomic E-state index is 0.212. The number of amides is 1. The molecule has 2 aromatic carbocycles. The second-order valence-corrected chi connectivity index (χ2v) is 7.30. The Bertz CT molecular complexity index is 824. The number of rotatable bonds is 6. The van der Waals surface area contributed by atoms with Crippen molar-refractivity contribution in [2.75, 3.05) is 44.1 Å². The van der Waals surface area contributed by atoms with Crippen molar-refractivity contribution in [1.29, 1.82) is 0 Å². The lowest BCUT2D eigenvalue weighted by atomic mass is 9.99. The minimum Gasteiger partial charge on any atom is -0.497 e. The molecular formula is C23H30N2O4. The molecule has 0 bridgehead atoms. The van der Waals surface area contributed by atoms with Gasteiger partial charge >= 0.3 is 0 Å². The summed E-state index contributed by atoms with van der Waals surface area (Å²) in [6, 6.07) is 12.8. The second kappa shape index (κ2) is 10.3. The monoisotopic (exact) mass is 398 g/mol. The Balaban J connectivity index is 1.87.